The van der Waals surface area contributed by atoms with Crippen LogP contribution in [0.4, 0.5) is 0 Å². The lowest BCUT2D eigenvalue weighted by Crippen LogP contribution is -2.45. The fourth-order valence-electron chi connectivity index (χ4n) is 4.99. The first-order valence-corrected chi connectivity index (χ1v) is 10.6. The molecular weight excluding hydrogens is 346 g/mol. The van der Waals surface area contributed by atoms with E-state index in [2.05, 4.69) is 15.5 Å². The minimum atomic E-state index is -0.0821. The van der Waals surface area contributed by atoms with Crippen LogP contribution in [0.5, 0.6) is 0 Å². The van der Waals surface area contributed by atoms with Gasteiger partial charge in [-0.15, -0.1) is 0 Å². The molecule has 0 radical (unpaired) electrons. The second-order valence-electron chi connectivity index (χ2n) is 8.65. The summed E-state index contributed by atoms with van der Waals surface area (Å²) in [5.41, 5.74) is 0. The molecule has 2 aliphatic carbocycles. The van der Waals surface area contributed by atoms with Gasteiger partial charge in [0.15, 0.2) is 0 Å². The van der Waals surface area contributed by atoms with Crippen molar-refractivity contribution in [1.82, 2.24) is 15.5 Å². The lowest BCUT2D eigenvalue weighted by Gasteiger charge is -2.38. The topological polar surface area (TPSA) is 79.9 Å². The summed E-state index contributed by atoms with van der Waals surface area (Å²) in [7, 11) is 1.63. The van der Waals surface area contributed by atoms with Gasteiger partial charge in [-0.3, -0.25) is 14.5 Å². The highest BCUT2D eigenvalue weighted by Gasteiger charge is 2.53. The first-order chi connectivity index (χ1) is 13.2. The SMILES string of the molecule is COCCNC(=O)C[C@@H]1OC[C@@H]2[C@H]1[C@H](CC(=O)NC1CC1)CN2C1CCC1. The number of amides is 2. The molecule has 0 aromatic carbocycles. The summed E-state index contributed by atoms with van der Waals surface area (Å²) in [5, 5.41) is 6.03. The van der Waals surface area contributed by atoms with Gasteiger partial charge in [0.2, 0.25) is 11.8 Å². The van der Waals surface area contributed by atoms with Crippen LogP contribution in [0.2, 0.25) is 0 Å². The highest BCUT2D eigenvalue weighted by molar-refractivity contribution is 5.77. The van der Waals surface area contributed by atoms with E-state index >= 15 is 0 Å². The Labute approximate surface area is 161 Å². The van der Waals surface area contributed by atoms with Crippen molar-refractivity contribution >= 4 is 11.8 Å². The molecule has 2 amide bonds. The zero-order valence-corrected chi connectivity index (χ0v) is 16.3. The molecule has 4 aliphatic rings. The maximum atomic E-state index is 12.4. The molecule has 7 nitrogen and oxygen atoms in total. The molecular formula is C20H33N3O4. The van der Waals surface area contributed by atoms with Crippen LogP contribution in [0.25, 0.3) is 0 Å². The zero-order valence-electron chi connectivity index (χ0n) is 16.3. The Kier molecular flexibility index (Phi) is 5.99. The van der Waals surface area contributed by atoms with Crippen molar-refractivity contribution in [2.24, 2.45) is 11.8 Å². The van der Waals surface area contributed by atoms with Crippen molar-refractivity contribution in [2.75, 3.05) is 33.4 Å². The van der Waals surface area contributed by atoms with Gasteiger partial charge in [0.05, 0.1) is 25.7 Å². The smallest absolute Gasteiger partial charge is 0.222 e. The summed E-state index contributed by atoms with van der Waals surface area (Å²) in [4.78, 5) is 27.3. The van der Waals surface area contributed by atoms with Crippen molar-refractivity contribution in [1.29, 1.82) is 0 Å². The van der Waals surface area contributed by atoms with E-state index in [0.29, 0.717) is 50.7 Å². The van der Waals surface area contributed by atoms with E-state index in [9.17, 15) is 9.59 Å². The van der Waals surface area contributed by atoms with Crippen LogP contribution in [0.15, 0.2) is 0 Å². The average molecular weight is 380 g/mol. The lowest BCUT2D eigenvalue weighted by molar-refractivity contribution is -0.124. The fourth-order valence-corrected chi connectivity index (χ4v) is 4.99. The molecule has 7 heteroatoms. The monoisotopic (exact) mass is 379 g/mol. The molecule has 0 bridgehead atoms. The number of ether oxygens (including phenoxy) is 2. The summed E-state index contributed by atoms with van der Waals surface area (Å²) in [6.07, 6.45) is 6.90. The summed E-state index contributed by atoms with van der Waals surface area (Å²) in [5.74, 6) is 0.755. The van der Waals surface area contributed by atoms with E-state index in [1.54, 1.807) is 7.11 Å². The van der Waals surface area contributed by atoms with Crippen molar-refractivity contribution in [3.05, 3.63) is 0 Å². The Morgan fingerprint density at radius 1 is 1.15 bits per heavy atom. The largest absolute Gasteiger partial charge is 0.383 e. The molecule has 0 spiro atoms. The standard InChI is InChI=1S/C20H33N3O4/c1-26-8-7-21-18(24)10-17-20-13(9-19(25)22-14-5-6-14)11-23(15-3-2-4-15)16(20)12-27-17/h13-17,20H,2-12H2,1H3,(H,21,24)(H,22,25)/t13-,16-,17+,20-/m1/s1. The maximum absolute atomic E-state index is 12.4. The van der Waals surface area contributed by atoms with Gasteiger partial charge in [-0.25, -0.2) is 0 Å². The molecule has 4 atom stereocenters. The third kappa shape index (κ3) is 4.46. The number of carbonyl (C=O) groups is 2. The van der Waals surface area contributed by atoms with Gasteiger partial charge in [0.25, 0.3) is 0 Å². The predicted octanol–water partition coefficient (Wildman–Crippen LogP) is 0.676. The Bertz CT molecular complexity index is 549. The molecule has 0 unspecified atom stereocenters. The second-order valence-corrected chi connectivity index (χ2v) is 8.65. The molecule has 27 heavy (non-hydrogen) atoms. The van der Waals surface area contributed by atoms with Crippen molar-refractivity contribution in [3.8, 4) is 0 Å². The number of methoxy groups -OCH3 is 1. The molecule has 2 saturated heterocycles. The number of hydrogen-bond acceptors (Lipinski definition) is 5. The van der Waals surface area contributed by atoms with Gasteiger partial charge in [-0.2, -0.15) is 0 Å². The number of carbonyl (C=O) groups excluding carboxylic acids is 2. The Balaban J connectivity index is 1.38. The number of nitrogens with zero attached hydrogens (tertiary/aromatic N) is 1. The Morgan fingerprint density at radius 2 is 1.96 bits per heavy atom. The molecule has 152 valence electrons. The minimum Gasteiger partial charge on any atom is -0.383 e. The molecule has 4 rings (SSSR count). The predicted molar refractivity (Wildman–Crippen MR) is 100 cm³/mol. The van der Waals surface area contributed by atoms with Gasteiger partial charge in [0.1, 0.15) is 0 Å². The average Bonchev–Trinajstić information content (AvgIpc) is 3.19. The normalized spacial score (nSPS) is 33.5. The van der Waals surface area contributed by atoms with E-state index < -0.39 is 0 Å². The minimum absolute atomic E-state index is 0.0148. The molecule has 2 heterocycles. The van der Waals surface area contributed by atoms with Crippen LogP contribution in [0.3, 0.4) is 0 Å². The summed E-state index contributed by atoms with van der Waals surface area (Å²) >= 11 is 0. The fraction of sp³-hybridized carbons (Fsp3) is 0.900. The van der Waals surface area contributed by atoms with Gasteiger partial charge in [-0.1, -0.05) is 6.42 Å². The number of rotatable bonds is 9. The van der Waals surface area contributed by atoms with Crippen LogP contribution in [-0.2, 0) is 19.1 Å². The van der Waals surface area contributed by atoms with Crippen LogP contribution >= 0.6 is 0 Å². The first kappa shape index (κ1) is 19.2. The van der Waals surface area contributed by atoms with E-state index in [-0.39, 0.29) is 29.8 Å². The van der Waals surface area contributed by atoms with Gasteiger partial charge in [0, 0.05) is 50.7 Å². The highest BCUT2D eigenvalue weighted by atomic mass is 16.5. The lowest BCUT2D eigenvalue weighted by atomic mass is 9.84. The molecule has 2 N–H and O–H groups in total. The Morgan fingerprint density at radius 3 is 2.63 bits per heavy atom. The van der Waals surface area contributed by atoms with Crippen LogP contribution < -0.4 is 10.6 Å². The zero-order chi connectivity index (χ0) is 18.8. The van der Waals surface area contributed by atoms with Crippen LogP contribution in [-0.4, -0.2) is 74.4 Å². The Hall–Kier alpha value is -1.18. The second kappa shape index (κ2) is 8.45. The van der Waals surface area contributed by atoms with Gasteiger partial charge >= 0.3 is 0 Å². The van der Waals surface area contributed by atoms with E-state index in [1.165, 1.54) is 19.3 Å². The number of hydrogen-bond donors (Lipinski definition) is 2. The summed E-state index contributed by atoms with van der Waals surface area (Å²) in [6, 6.07) is 1.41. The van der Waals surface area contributed by atoms with Crippen molar-refractivity contribution in [3.63, 3.8) is 0 Å². The third-order valence-corrected chi connectivity index (χ3v) is 6.72. The quantitative estimate of drug-likeness (QED) is 0.576. The van der Waals surface area contributed by atoms with Crippen molar-refractivity contribution < 1.29 is 19.1 Å². The van der Waals surface area contributed by atoms with Gasteiger partial charge in [-0.05, 0) is 31.6 Å². The molecule has 0 aromatic rings. The molecule has 4 fully saturated rings. The summed E-state index contributed by atoms with van der Waals surface area (Å²) < 4.78 is 11.1. The molecule has 0 aromatic heterocycles. The number of nitrogens with one attached hydrogen (secondary N) is 2. The van der Waals surface area contributed by atoms with Crippen molar-refractivity contribution in [2.45, 2.75) is 69.2 Å². The molecule has 2 saturated carbocycles. The number of likely N-dealkylation sites (tertiary alicyclic amines) is 1. The third-order valence-electron chi connectivity index (χ3n) is 6.72. The number of fused-ring (bicyclic) bond motifs is 1. The van der Waals surface area contributed by atoms with Crippen LogP contribution in [0.1, 0.15) is 44.9 Å². The maximum Gasteiger partial charge on any atom is 0.222 e. The first-order valence-electron chi connectivity index (χ1n) is 10.6. The molecule has 2 aliphatic heterocycles. The van der Waals surface area contributed by atoms with E-state index in [4.69, 9.17) is 9.47 Å². The summed E-state index contributed by atoms with van der Waals surface area (Å²) in [6.45, 7) is 2.71. The van der Waals surface area contributed by atoms with E-state index in [0.717, 1.165) is 19.4 Å². The van der Waals surface area contributed by atoms with E-state index in [1.807, 2.05) is 0 Å². The van der Waals surface area contributed by atoms with Crippen LogP contribution in [0, 0.1) is 11.8 Å². The highest BCUT2D eigenvalue weighted by Crippen LogP contribution is 2.45. The van der Waals surface area contributed by atoms with Gasteiger partial charge < -0.3 is 20.1 Å².